The van der Waals surface area contributed by atoms with Gasteiger partial charge < -0.3 is 15.2 Å². The van der Waals surface area contributed by atoms with Crippen LogP contribution in [0.3, 0.4) is 0 Å². The molecule has 4 rings (SSSR count). The molecule has 1 aromatic carbocycles. The Morgan fingerprint density at radius 1 is 1.30 bits per heavy atom. The second kappa shape index (κ2) is 8.25. The van der Waals surface area contributed by atoms with Gasteiger partial charge in [0.25, 0.3) is 0 Å². The lowest BCUT2D eigenvalue weighted by Crippen LogP contribution is -2.04. The summed E-state index contributed by atoms with van der Waals surface area (Å²) in [6, 6.07) is 9.18. The van der Waals surface area contributed by atoms with E-state index >= 15 is 0 Å². The van der Waals surface area contributed by atoms with Crippen molar-refractivity contribution < 1.29 is 14.6 Å². The maximum absolute atomic E-state index is 11.6. The maximum Gasteiger partial charge on any atom is 0.346 e. The van der Waals surface area contributed by atoms with E-state index in [0.29, 0.717) is 44.7 Å². The summed E-state index contributed by atoms with van der Waals surface area (Å²) in [4.78, 5) is 25.9. The van der Waals surface area contributed by atoms with Crippen LogP contribution in [0.2, 0.25) is 5.02 Å². The van der Waals surface area contributed by atoms with E-state index in [0.717, 1.165) is 22.5 Å². The quantitative estimate of drug-likeness (QED) is 0.433. The molecule has 0 amide bonds. The van der Waals surface area contributed by atoms with Crippen molar-refractivity contribution in [3.05, 3.63) is 63.8 Å². The average molecular weight is 441 g/mol. The van der Waals surface area contributed by atoms with Crippen LogP contribution in [0, 0.1) is 6.92 Å². The zero-order chi connectivity index (χ0) is 21.3. The van der Waals surface area contributed by atoms with Crippen molar-refractivity contribution in [1.82, 2.24) is 15.0 Å². The number of anilines is 1. The summed E-state index contributed by atoms with van der Waals surface area (Å²) in [6.07, 6.45) is 3.35. The van der Waals surface area contributed by atoms with Crippen LogP contribution in [-0.2, 0) is 6.54 Å². The summed E-state index contributed by atoms with van der Waals surface area (Å²) in [5, 5.41) is 14.1. The number of halogens is 1. The highest BCUT2D eigenvalue weighted by Gasteiger charge is 2.20. The van der Waals surface area contributed by atoms with Crippen molar-refractivity contribution in [1.29, 1.82) is 0 Å². The van der Waals surface area contributed by atoms with Gasteiger partial charge in [-0.1, -0.05) is 17.7 Å². The maximum atomic E-state index is 11.6. The highest BCUT2D eigenvalue weighted by Crippen LogP contribution is 2.36. The van der Waals surface area contributed by atoms with E-state index in [1.165, 1.54) is 0 Å². The molecule has 3 aromatic heterocycles. The van der Waals surface area contributed by atoms with Crippen molar-refractivity contribution in [2.75, 3.05) is 12.4 Å². The van der Waals surface area contributed by atoms with E-state index in [1.54, 1.807) is 38.6 Å². The van der Waals surface area contributed by atoms with Crippen LogP contribution in [-0.4, -0.2) is 33.1 Å². The van der Waals surface area contributed by atoms with E-state index < -0.39 is 5.97 Å². The van der Waals surface area contributed by atoms with Crippen LogP contribution in [0.4, 0.5) is 5.82 Å². The molecule has 0 bridgehead atoms. The number of thiophene rings is 1. The topological polar surface area (TPSA) is 97.2 Å². The smallest absolute Gasteiger partial charge is 0.346 e. The van der Waals surface area contributed by atoms with Crippen LogP contribution in [0.1, 0.15) is 20.8 Å². The van der Waals surface area contributed by atoms with Crippen LogP contribution in [0.15, 0.2) is 42.7 Å². The molecule has 0 fully saturated rings. The number of hydrogen-bond donors (Lipinski definition) is 2. The minimum atomic E-state index is -0.980. The first-order valence-electron chi connectivity index (χ1n) is 8.99. The lowest BCUT2D eigenvalue weighted by atomic mass is 10.1. The molecule has 0 aliphatic heterocycles. The molecular formula is C21H17ClN4O3S. The third-order valence-electron chi connectivity index (χ3n) is 4.58. The number of nitrogens with one attached hydrogen (secondary N) is 1. The molecule has 9 heteroatoms. The van der Waals surface area contributed by atoms with Gasteiger partial charge in [0, 0.05) is 24.5 Å². The first-order chi connectivity index (χ1) is 14.5. The molecule has 0 atom stereocenters. The minimum absolute atomic E-state index is 0.248. The van der Waals surface area contributed by atoms with E-state index in [4.69, 9.17) is 16.3 Å². The summed E-state index contributed by atoms with van der Waals surface area (Å²) in [6.45, 7) is 2.21. The number of benzene rings is 1. The van der Waals surface area contributed by atoms with E-state index in [1.807, 2.05) is 18.2 Å². The Morgan fingerprint density at radius 3 is 2.80 bits per heavy atom. The van der Waals surface area contributed by atoms with Crippen molar-refractivity contribution >= 4 is 44.9 Å². The number of aryl methyl sites for hydroxylation is 1. The first kappa shape index (κ1) is 20.1. The molecule has 0 saturated carbocycles. The fraction of sp³-hybridized carbons (Fsp3) is 0.143. The fourth-order valence-corrected chi connectivity index (χ4v) is 4.40. The van der Waals surface area contributed by atoms with E-state index in [-0.39, 0.29) is 4.88 Å². The molecule has 152 valence electrons. The third-order valence-corrected chi connectivity index (χ3v) is 6.05. The van der Waals surface area contributed by atoms with Gasteiger partial charge in [0.05, 0.1) is 17.5 Å². The largest absolute Gasteiger partial charge is 0.495 e. The molecule has 0 radical (unpaired) electrons. The Kier molecular flexibility index (Phi) is 5.52. The standard InChI is InChI=1S/C21H17ClN4O3S/c1-11-16-19(24-9-12-5-6-15(29-2)14(22)8-12)25-18(13-4-3-7-23-10-13)26-20(16)30-17(11)21(27)28/h3-8,10H,9H2,1-2H3,(H,27,28)(H,24,25,26). The molecule has 0 spiro atoms. The average Bonchev–Trinajstić information content (AvgIpc) is 3.09. The number of aromatic nitrogens is 3. The van der Waals surface area contributed by atoms with Crippen LogP contribution in [0.5, 0.6) is 5.75 Å². The lowest BCUT2D eigenvalue weighted by Gasteiger charge is -2.11. The molecule has 3 heterocycles. The third kappa shape index (κ3) is 3.79. The van der Waals surface area contributed by atoms with Gasteiger partial charge >= 0.3 is 5.97 Å². The summed E-state index contributed by atoms with van der Waals surface area (Å²) in [5.74, 6) is 0.658. The minimum Gasteiger partial charge on any atom is -0.495 e. The molecule has 0 saturated heterocycles. The van der Waals surface area contributed by atoms with Crippen molar-refractivity contribution in [2.45, 2.75) is 13.5 Å². The Bertz CT molecular complexity index is 1240. The molecule has 0 aliphatic carbocycles. The Hall–Kier alpha value is -3.23. The number of pyridine rings is 1. The zero-order valence-corrected chi connectivity index (χ0v) is 17.7. The number of carboxylic acids is 1. The number of methoxy groups -OCH3 is 1. The number of aromatic carboxylic acids is 1. The fourth-order valence-electron chi connectivity index (χ4n) is 3.10. The molecule has 0 aliphatic rings. The monoisotopic (exact) mass is 440 g/mol. The predicted molar refractivity (Wildman–Crippen MR) is 118 cm³/mol. The second-order valence-electron chi connectivity index (χ2n) is 6.50. The molecule has 7 nitrogen and oxygen atoms in total. The number of carbonyl (C=O) groups is 1. The summed E-state index contributed by atoms with van der Waals surface area (Å²) < 4.78 is 5.19. The molecule has 30 heavy (non-hydrogen) atoms. The molecular weight excluding hydrogens is 424 g/mol. The van der Waals surface area contributed by atoms with Gasteiger partial charge in [-0.3, -0.25) is 4.98 Å². The normalized spacial score (nSPS) is 10.9. The van der Waals surface area contributed by atoms with Gasteiger partial charge in [-0.2, -0.15) is 0 Å². The van der Waals surface area contributed by atoms with Gasteiger partial charge in [-0.25, -0.2) is 14.8 Å². The number of rotatable bonds is 6. The number of ether oxygens (including phenoxy) is 1. The van der Waals surface area contributed by atoms with Gasteiger partial charge in [0.15, 0.2) is 5.82 Å². The highest BCUT2D eigenvalue weighted by molar-refractivity contribution is 7.20. The van der Waals surface area contributed by atoms with Crippen molar-refractivity contribution in [3.63, 3.8) is 0 Å². The summed E-state index contributed by atoms with van der Waals surface area (Å²) in [7, 11) is 1.57. The van der Waals surface area contributed by atoms with Crippen molar-refractivity contribution in [3.8, 4) is 17.1 Å². The van der Waals surface area contributed by atoms with E-state index in [9.17, 15) is 9.90 Å². The molecule has 0 unspecified atom stereocenters. The predicted octanol–water partition coefficient (Wildman–Crippen LogP) is 5.03. The Balaban J connectivity index is 1.78. The number of carboxylic acid groups (broad SMARTS) is 1. The zero-order valence-electron chi connectivity index (χ0n) is 16.1. The van der Waals surface area contributed by atoms with E-state index in [2.05, 4.69) is 20.3 Å². The molecule has 4 aromatic rings. The summed E-state index contributed by atoms with van der Waals surface area (Å²) >= 11 is 7.36. The number of nitrogens with zero attached hydrogens (tertiary/aromatic N) is 3. The first-order valence-corrected chi connectivity index (χ1v) is 10.2. The Labute approximate surface area is 181 Å². The lowest BCUT2D eigenvalue weighted by molar-refractivity contribution is 0.0701. The molecule has 2 N–H and O–H groups in total. The number of fused-ring (bicyclic) bond motifs is 1. The SMILES string of the molecule is COc1ccc(CNc2nc(-c3cccnc3)nc3sc(C(=O)O)c(C)c23)cc1Cl. The van der Waals surface area contributed by atoms with Crippen LogP contribution < -0.4 is 10.1 Å². The highest BCUT2D eigenvalue weighted by atomic mass is 35.5. The van der Waals surface area contributed by atoms with Gasteiger partial charge in [-0.15, -0.1) is 11.3 Å². The summed E-state index contributed by atoms with van der Waals surface area (Å²) in [5.41, 5.74) is 2.32. The second-order valence-corrected chi connectivity index (χ2v) is 7.91. The Morgan fingerprint density at radius 2 is 2.13 bits per heavy atom. The van der Waals surface area contributed by atoms with Gasteiger partial charge in [-0.05, 0) is 42.3 Å². The van der Waals surface area contributed by atoms with Crippen LogP contribution in [0.25, 0.3) is 21.6 Å². The number of hydrogen-bond acceptors (Lipinski definition) is 7. The van der Waals surface area contributed by atoms with Crippen molar-refractivity contribution in [2.24, 2.45) is 0 Å². The van der Waals surface area contributed by atoms with Gasteiger partial charge in [0.1, 0.15) is 21.3 Å². The van der Waals surface area contributed by atoms with Gasteiger partial charge in [0.2, 0.25) is 0 Å². The van der Waals surface area contributed by atoms with Crippen LogP contribution >= 0.6 is 22.9 Å².